The molecule has 1 atom stereocenters. The number of nitrogens with one attached hydrogen (secondary N) is 1. The van der Waals surface area contributed by atoms with Gasteiger partial charge in [0.05, 0.1) is 0 Å². The van der Waals surface area contributed by atoms with E-state index in [-0.39, 0.29) is 0 Å². The third-order valence-electron chi connectivity index (χ3n) is 2.01. The van der Waals surface area contributed by atoms with Gasteiger partial charge in [0.15, 0.2) is 0 Å². The molecule has 1 heteroatoms. The van der Waals surface area contributed by atoms with Gasteiger partial charge in [0.1, 0.15) is 0 Å². The van der Waals surface area contributed by atoms with Gasteiger partial charge in [0.25, 0.3) is 0 Å². The van der Waals surface area contributed by atoms with E-state index in [1.54, 1.807) is 0 Å². The fourth-order valence-corrected chi connectivity index (χ4v) is 0.854. The van der Waals surface area contributed by atoms with Gasteiger partial charge < -0.3 is 5.32 Å². The third-order valence-corrected chi connectivity index (χ3v) is 2.01. The van der Waals surface area contributed by atoms with E-state index in [0.29, 0.717) is 5.54 Å². The van der Waals surface area contributed by atoms with Crippen LogP contribution in [0, 0.1) is 0 Å². The van der Waals surface area contributed by atoms with Crippen molar-refractivity contribution in [3.05, 3.63) is 0 Å². The lowest BCUT2D eigenvalue weighted by Gasteiger charge is -2.39. The topological polar surface area (TPSA) is 12.0 Å². The van der Waals surface area contributed by atoms with E-state index in [2.05, 4.69) is 33.0 Å². The molecule has 0 radical (unpaired) electrons. The van der Waals surface area contributed by atoms with E-state index in [9.17, 15) is 0 Å². The first-order chi connectivity index (χ1) is 4.68. The van der Waals surface area contributed by atoms with E-state index in [1.807, 2.05) is 0 Å². The largest absolute Gasteiger partial charge is 0.311 e. The van der Waals surface area contributed by atoms with Crippen LogP contribution in [0.15, 0.2) is 0 Å². The van der Waals surface area contributed by atoms with Gasteiger partial charge >= 0.3 is 0 Å². The van der Waals surface area contributed by atoms with Crippen molar-refractivity contribution in [1.29, 1.82) is 0 Å². The van der Waals surface area contributed by atoms with E-state index in [1.165, 1.54) is 25.8 Å². The molecule has 0 saturated carbocycles. The Hall–Kier alpha value is -0.0400. The van der Waals surface area contributed by atoms with Gasteiger partial charge in [-0.1, -0.05) is 27.2 Å². The van der Waals surface area contributed by atoms with Crippen LogP contribution in [0.2, 0.25) is 0 Å². The molecular weight excluding hydrogens is 122 g/mol. The van der Waals surface area contributed by atoms with Gasteiger partial charge in [-0.2, -0.15) is 0 Å². The van der Waals surface area contributed by atoms with E-state index < -0.39 is 0 Å². The lowest BCUT2D eigenvalue weighted by Crippen LogP contribution is -2.53. The van der Waals surface area contributed by atoms with Crippen LogP contribution in [0.4, 0.5) is 0 Å². The summed E-state index contributed by atoms with van der Waals surface area (Å²) in [4.78, 5) is 0. The van der Waals surface area contributed by atoms with Crippen LogP contribution in [0.25, 0.3) is 0 Å². The molecule has 10 heavy (non-hydrogen) atoms. The first-order valence-corrected chi connectivity index (χ1v) is 4.43. The molecule has 0 bridgehead atoms. The summed E-state index contributed by atoms with van der Waals surface area (Å²) in [6.45, 7) is 9.98. The number of rotatable bonds is 1. The summed E-state index contributed by atoms with van der Waals surface area (Å²) in [5.41, 5.74) is 0.514. The van der Waals surface area contributed by atoms with Gasteiger partial charge in [0.2, 0.25) is 0 Å². The quantitative estimate of drug-likeness (QED) is 0.595. The fraction of sp³-hybridized carbons (Fsp3) is 1.00. The standard InChI is InChI=1S/C6H13N.C3H8/c1-3-6(2)4-5-7-6;1-3-2/h7H,3-5H2,1-2H3;3H2,1-2H3. The Balaban J connectivity index is 0.000000236. The van der Waals surface area contributed by atoms with Crippen molar-refractivity contribution in [1.82, 2.24) is 5.32 Å². The maximum absolute atomic E-state index is 3.37. The maximum atomic E-state index is 3.37. The van der Waals surface area contributed by atoms with Crippen molar-refractivity contribution in [3.8, 4) is 0 Å². The molecule has 1 aliphatic rings. The van der Waals surface area contributed by atoms with Gasteiger partial charge in [-0.3, -0.25) is 0 Å². The summed E-state index contributed by atoms with van der Waals surface area (Å²) in [6.07, 6.45) is 3.89. The van der Waals surface area contributed by atoms with Crippen molar-refractivity contribution in [2.45, 2.75) is 52.5 Å². The highest BCUT2D eigenvalue weighted by Gasteiger charge is 2.27. The molecule has 0 spiro atoms. The van der Waals surface area contributed by atoms with Gasteiger partial charge in [-0.25, -0.2) is 0 Å². The molecule has 1 fully saturated rings. The average Bonchev–Trinajstić information content (AvgIpc) is 1.85. The Morgan fingerprint density at radius 1 is 1.30 bits per heavy atom. The molecule has 0 amide bonds. The van der Waals surface area contributed by atoms with Gasteiger partial charge in [-0.05, 0) is 26.3 Å². The normalized spacial score (nSPS) is 30.0. The zero-order valence-corrected chi connectivity index (χ0v) is 7.83. The molecule has 1 nitrogen and oxygen atoms in total. The van der Waals surface area contributed by atoms with E-state index in [4.69, 9.17) is 0 Å². The van der Waals surface area contributed by atoms with Crippen LogP contribution in [0.1, 0.15) is 47.0 Å². The van der Waals surface area contributed by atoms with Crippen LogP contribution in [-0.2, 0) is 0 Å². The molecule has 0 aromatic heterocycles. The first kappa shape index (κ1) is 9.96. The zero-order chi connectivity index (χ0) is 8.04. The Morgan fingerprint density at radius 3 is 1.70 bits per heavy atom. The maximum Gasteiger partial charge on any atom is 0.0162 e. The molecule has 1 aliphatic heterocycles. The van der Waals surface area contributed by atoms with Crippen LogP contribution < -0.4 is 5.32 Å². The molecular formula is C9H21N. The van der Waals surface area contributed by atoms with Crippen LogP contribution in [0.5, 0.6) is 0 Å². The molecule has 1 N–H and O–H groups in total. The van der Waals surface area contributed by atoms with E-state index >= 15 is 0 Å². The second kappa shape index (κ2) is 4.73. The molecule has 0 aromatic carbocycles. The Morgan fingerprint density at radius 2 is 1.70 bits per heavy atom. The predicted molar refractivity (Wildman–Crippen MR) is 47.3 cm³/mol. The smallest absolute Gasteiger partial charge is 0.0162 e. The van der Waals surface area contributed by atoms with Crippen molar-refractivity contribution < 1.29 is 0 Å². The Labute approximate surface area is 65.2 Å². The molecule has 1 saturated heterocycles. The second-order valence-corrected chi connectivity index (χ2v) is 3.30. The van der Waals surface area contributed by atoms with Crippen molar-refractivity contribution in [2.75, 3.05) is 6.54 Å². The molecule has 0 aliphatic carbocycles. The highest BCUT2D eigenvalue weighted by atomic mass is 15.0. The van der Waals surface area contributed by atoms with E-state index in [0.717, 1.165) is 0 Å². The lowest BCUT2D eigenvalue weighted by atomic mass is 9.88. The highest BCUT2D eigenvalue weighted by molar-refractivity contribution is 4.90. The van der Waals surface area contributed by atoms with Crippen LogP contribution in [0.3, 0.4) is 0 Å². The number of hydrogen-bond donors (Lipinski definition) is 1. The SMILES string of the molecule is CCC.CCC1(C)CCN1. The van der Waals surface area contributed by atoms with Crippen molar-refractivity contribution in [2.24, 2.45) is 0 Å². The minimum Gasteiger partial charge on any atom is -0.311 e. The Kier molecular flexibility index (Phi) is 4.71. The van der Waals surface area contributed by atoms with Crippen LogP contribution >= 0.6 is 0 Å². The summed E-state index contributed by atoms with van der Waals surface area (Å²) in [5.74, 6) is 0. The molecule has 1 unspecified atom stereocenters. The summed E-state index contributed by atoms with van der Waals surface area (Å²) in [7, 11) is 0. The average molecular weight is 143 g/mol. The first-order valence-electron chi connectivity index (χ1n) is 4.43. The summed E-state index contributed by atoms with van der Waals surface area (Å²) in [6, 6.07) is 0. The minimum atomic E-state index is 0.514. The Bertz CT molecular complexity index is 69.3. The van der Waals surface area contributed by atoms with Crippen LogP contribution in [-0.4, -0.2) is 12.1 Å². The molecule has 62 valence electrons. The van der Waals surface area contributed by atoms with Gasteiger partial charge in [-0.15, -0.1) is 0 Å². The molecule has 0 aromatic rings. The monoisotopic (exact) mass is 143 g/mol. The van der Waals surface area contributed by atoms with Crippen molar-refractivity contribution >= 4 is 0 Å². The number of hydrogen-bond acceptors (Lipinski definition) is 1. The van der Waals surface area contributed by atoms with Crippen molar-refractivity contribution in [3.63, 3.8) is 0 Å². The fourth-order valence-electron chi connectivity index (χ4n) is 0.854. The lowest BCUT2D eigenvalue weighted by molar-refractivity contribution is 0.225. The summed E-state index contributed by atoms with van der Waals surface area (Å²) >= 11 is 0. The summed E-state index contributed by atoms with van der Waals surface area (Å²) in [5, 5.41) is 3.37. The zero-order valence-electron chi connectivity index (χ0n) is 7.83. The highest BCUT2D eigenvalue weighted by Crippen LogP contribution is 2.20. The third kappa shape index (κ3) is 3.21. The second-order valence-electron chi connectivity index (χ2n) is 3.30. The molecule has 1 heterocycles. The molecule has 1 rings (SSSR count). The predicted octanol–water partition coefficient (Wildman–Crippen LogP) is 2.56. The summed E-state index contributed by atoms with van der Waals surface area (Å²) < 4.78 is 0. The minimum absolute atomic E-state index is 0.514. The van der Waals surface area contributed by atoms with Gasteiger partial charge in [0, 0.05) is 5.54 Å².